The molecule has 0 atom stereocenters. The van der Waals surface area contributed by atoms with Crippen LogP contribution >= 0.6 is 15.9 Å². The normalized spacial score (nSPS) is 10.5. The van der Waals surface area contributed by atoms with Crippen molar-refractivity contribution < 1.29 is 4.79 Å². The molecule has 4 nitrogen and oxygen atoms in total. The van der Waals surface area contributed by atoms with E-state index in [4.69, 9.17) is 5.73 Å². The second-order valence-corrected chi connectivity index (χ2v) is 5.67. The topological polar surface area (TPSA) is 58.4 Å². The van der Waals surface area contributed by atoms with Gasteiger partial charge in [0.1, 0.15) is 0 Å². The Kier molecular flexibility index (Phi) is 5.47. The number of halogens is 1. The highest BCUT2D eigenvalue weighted by molar-refractivity contribution is 9.10. The molecule has 0 saturated carbocycles. The molecule has 0 bridgehead atoms. The van der Waals surface area contributed by atoms with E-state index in [0.717, 1.165) is 10.2 Å². The predicted octanol–water partition coefficient (Wildman–Crippen LogP) is 2.24. The number of rotatable bonds is 5. The highest BCUT2D eigenvalue weighted by Crippen LogP contribution is 2.25. The van der Waals surface area contributed by atoms with Crippen LogP contribution in [-0.2, 0) is 4.79 Å². The maximum absolute atomic E-state index is 11.7. The first kappa shape index (κ1) is 14.8. The van der Waals surface area contributed by atoms with Crippen LogP contribution in [0, 0.1) is 5.92 Å². The van der Waals surface area contributed by atoms with Crippen molar-refractivity contribution in [3.63, 3.8) is 0 Å². The van der Waals surface area contributed by atoms with Gasteiger partial charge >= 0.3 is 0 Å². The molecule has 1 aromatic carbocycles. The van der Waals surface area contributed by atoms with E-state index in [2.05, 4.69) is 35.1 Å². The molecule has 1 amide bonds. The number of nitrogens with zero attached hydrogens (tertiary/aromatic N) is 1. The van der Waals surface area contributed by atoms with Crippen molar-refractivity contribution >= 4 is 33.2 Å². The highest BCUT2D eigenvalue weighted by atomic mass is 79.9. The van der Waals surface area contributed by atoms with Crippen LogP contribution < -0.4 is 16.0 Å². The van der Waals surface area contributed by atoms with Gasteiger partial charge in [0.2, 0.25) is 5.91 Å². The number of likely N-dealkylation sites (N-methyl/N-ethyl adjacent to an activating group) is 1. The summed E-state index contributed by atoms with van der Waals surface area (Å²) in [7, 11) is 1.86. The first-order valence-corrected chi connectivity index (χ1v) is 6.72. The number of benzene rings is 1. The molecule has 0 spiro atoms. The molecule has 1 aromatic rings. The molecule has 0 saturated heterocycles. The average molecular weight is 314 g/mol. The lowest BCUT2D eigenvalue weighted by Gasteiger charge is -2.21. The third-order valence-corrected chi connectivity index (χ3v) is 2.98. The molecule has 100 valence electrons. The third kappa shape index (κ3) is 4.56. The Morgan fingerprint density at radius 1 is 1.50 bits per heavy atom. The summed E-state index contributed by atoms with van der Waals surface area (Å²) in [5, 5.41) is 2.88. The summed E-state index contributed by atoms with van der Waals surface area (Å²) in [6.45, 7) is 5.13. The zero-order valence-electron chi connectivity index (χ0n) is 11.0. The minimum atomic E-state index is 0.00789. The number of hydrogen-bond acceptors (Lipinski definition) is 3. The number of nitrogen functional groups attached to an aromatic ring is 1. The molecule has 0 unspecified atom stereocenters. The van der Waals surface area contributed by atoms with Crippen molar-refractivity contribution in [2.45, 2.75) is 13.8 Å². The number of carbonyl (C=O) groups is 1. The number of nitrogens with two attached hydrogens (primary N) is 1. The monoisotopic (exact) mass is 313 g/mol. The summed E-state index contributed by atoms with van der Waals surface area (Å²) < 4.78 is 0.932. The van der Waals surface area contributed by atoms with E-state index in [1.165, 1.54) is 0 Å². The average Bonchev–Trinajstić information content (AvgIpc) is 2.26. The van der Waals surface area contributed by atoms with Crippen molar-refractivity contribution in [1.29, 1.82) is 0 Å². The molecule has 0 fully saturated rings. The van der Waals surface area contributed by atoms with Gasteiger partial charge in [0, 0.05) is 18.1 Å². The predicted molar refractivity (Wildman–Crippen MR) is 79.7 cm³/mol. The van der Waals surface area contributed by atoms with Crippen molar-refractivity contribution in [3.05, 3.63) is 22.7 Å². The summed E-state index contributed by atoms with van der Waals surface area (Å²) >= 11 is 3.36. The molecule has 1 rings (SSSR count). The maximum atomic E-state index is 11.7. The van der Waals surface area contributed by atoms with Crippen LogP contribution in [0.2, 0.25) is 0 Å². The van der Waals surface area contributed by atoms with E-state index in [1.54, 1.807) is 0 Å². The quantitative estimate of drug-likeness (QED) is 0.820. The summed E-state index contributed by atoms with van der Waals surface area (Å²) in [6, 6.07) is 5.64. The Bertz CT molecular complexity index is 421. The van der Waals surface area contributed by atoms with Gasteiger partial charge in [-0.3, -0.25) is 4.79 Å². The molecule has 3 N–H and O–H groups in total. The van der Waals surface area contributed by atoms with Gasteiger partial charge in [-0.25, -0.2) is 0 Å². The molecular formula is C13H20BrN3O. The molecule has 0 aromatic heterocycles. The van der Waals surface area contributed by atoms with Crippen LogP contribution in [0.5, 0.6) is 0 Å². The van der Waals surface area contributed by atoms with Crippen LogP contribution in [-0.4, -0.2) is 26.0 Å². The van der Waals surface area contributed by atoms with Crippen molar-refractivity contribution in [2.24, 2.45) is 5.92 Å². The molecule has 0 aliphatic rings. The van der Waals surface area contributed by atoms with E-state index in [0.29, 0.717) is 24.7 Å². The van der Waals surface area contributed by atoms with Crippen molar-refractivity contribution in [2.75, 3.05) is 30.8 Å². The number of amides is 1. The summed E-state index contributed by atoms with van der Waals surface area (Å²) in [5.41, 5.74) is 7.43. The molecule has 0 heterocycles. The van der Waals surface area contributed by atoms with Gasteiger partial charge in [0.15, 0.2) is 0 Å². The molecule has 5 heteroatoms. The van der Waals surface area contributed by atoms with E-state index in [-0.39, 0.29) is 5.91 Å². The SMILES string of the molecule is CC(C)CNC(=O)CN(C)c1ccc(Br)cc1N. The second-order valence-electron chi connectivity index (χ2n) is 4.76. The Morgan fingerprint density at radius 3 is 2.72 bits per heavy atom. The van der Waals surface area contributed by atoms with Crippen LogP contribution in [0.15, 0.2) is 22.7 Å². The largest absolute Gasteiger partial charge is 0.397 e. The highest BCUT2D eigenvalue weighted by Gasteiger charge is 2.10. The lowest BCUT2D eigenvalue weighted by Crippen LogP contribution is -2.37. The molecule has 0 radical (unpaired) electrons. The zero-order valence-corrected chi connectivity index (χ0v) is 12.6. The Morgan fingerprint density at radius 2 is 2.17 bits per heavy atom. The summed E-state index contributed by atoms with van der Waals surface area (Å²) in [5.74, 6) is 0.463. The van der Waals surface area contributed by atoms with Gasteiger partial charge in [-0.15, -0.1) is 0 Å². The summed E-state index contributed by atoms with van der Waals surface area (Å²) in [4.78, 5) is 13.6. The molecule has 18 heavy (non-hydrogen) atoms. The number of hydrogen-bond donors (Lipinski definition) is 2. The van der Waals surface area contributed by atoms with Gasteiger partial charge in [-0.05, 0) is 24.1 Å². The fourth-order valence-electron chi connectivity index (χ4n) is 1.55. The minimum Gasteiger partial charge on any atom is -0.397 e. The first-order chi connectivity index (χ1) is 8.40. The van der Waals surface area contributed by atoms with Gasteiger partial charge in [-0.2, -0.15) is 0 Å². The summed E-state index contributed by atoms with van der Waals surface area (Å²) in [6.07, 6.45) is 0. The maximum Gasteiger partial charge on any atom is 0.239 e. The first-order valence-electron chi connectivity index (χ1n) is 5.93. The van der Waals surface area contributed by atoms with Crippen LogP contribution in [0.25, 0.3) is 0 Å². The minimum absolute atomic E-state index is 0.00789. The van der Waals surface area contributed by atoms with E-state index in [9.17, 15) is 4.79 Å². The van der Waals surface area contributed by atoms with E-state index in [1.807, 2.05) is 30.1 Å². The molecular weight excluding hydrogens is 294 g/mol. The zero-order chi connectivity index (χ0) is 13.7. The van der Waals surface area contributed by atoms with Crippen LogP contribution in [0.4, 0.5) is 11.4 Å². The second kappa shape index (κ2) is 6.64. The van der Waals surface area contributed by atoms with Gasteiger partial charge in [0.05, 0.1) is 17.9 Å². The Labute approximate surface area is 117 Å². The van der Waals surface area contributed by atoms with E-state index < -0.39 is 0 Å². The van der Waals surface area contributed by atoms with Gasteiger partial charge < -0.3 is 16.0 Å². The van der Waals surface area contributed by atoms with E-state index >= 15 is 0 Å². The lowest BCUT2D eigenvalue weighted by atomic mass is 10.2. The lowest BCUT2D eigenvalue weighted by molar-refractivity contribution is -0.119. The fraction of sp³-hybridized carbons (Fsp3) is 0.462. The van der Waals surface area contributed by atoms with Crippen LogP contribution in [0.3, 0.4) is 0 Å². The van der Waals surface area contributed by atoms with Crippen LogP contribution in [0.1, 0.15) is 13.8 Å². The molecule has 0 aliphatic carbocycles. The standard InChI is InChI=1S/C13H20BrN3O/c1-9(2)7-16-13(18)8-17(3)12-5-4-10(14)6-11(12)15/h4-6,9H,7-8,15H2,1-3H3,(H,16,18). The number of nitrogens with one attached hydrogen (secondary N) is 1. The Balaban J connectivity index is 2.59. The van der Waals surface area contributed by atoms with Crippen molar-refractivity contribution in [1.82, 2.24) is 5.32 Å². The van der Waals surface area contributed by atoms with Gasteiger partial charge in [0.25, 0.3) is 0 Å². The fourth-order valence-corrected chi connectivity index (χ4v) is 1.93. The van der Waals surface area contributed by atoms with Crippen molar-refractivity contribution in [3.8, 4) is 0 Å². The number of carbonyl (C=O) groups excluding carboxylic acids is 1. The smallest absolute Gasteiger partial charge is 0.239 e. The molecule has 0 aliphatic heterocycles. The third-order valence-electron chi connectivity index (χ3n) is 2.49. The van der Waals surface area contributed by atoms with Gasteiger partial charge in [-0.1, -0.05) is 29.8 Å². The number of anilines is 2. The Hall–Kier alpha value is -1.23.